The van der Waals surface area contributed by atoms with Crippen molar-refractivity contribution in [2.24, 2.45) is 11.8 Å². The van der Waals surface area contributed by atoms with Crippen molar-refractivity contribution in [1.29, 1.82) is 0 Å². The summed E-state index contributed by atoms with van der Waals surface area (Å²) in [7, 11) is 0. The standard InChI is InChI=1S/C20H40N2O4/c1-2-23-13-14-25-17-18-26-16-15-24-12-11-22-9-5-20(6-10-22)19-3-7-21-8-4-19/h19-21H,2-18H2,1H3. The van der Waals surface area contributed by atoms with Gasteiger partial charge in [0.15, 0.2) is 0 Å². The Kier molecular flexibility index (Phi) is 12.5. The quantitative estimate of drug-likeness (QED) is 0.469. The van der Waals surface area contributed by atoms with E-state index in [2.05, 4.69) is 10.2 Å². The molecule has 0 aromatic carbocycles. The lowest BCUT2D eigenvalue weighted by atomic mass is 9.79. The Balaban J connectivity index is 1.34. The van der Waals surface area contributed by atoms with Crippen LogP contribution in [0.1, 0.15) is 32.6 Å². The highest BCUT2D eigenvalue weighted by Gasteiger charge is 2.27. The maximum atomic E-state index is 5.70. The van der Waals surface area contributed by atoms with Gasteiger partial charge in [-0.25, -0.2) is 0 Å². The molecule has 0 saturated carbocycles. The van der Waals surface area contributed by atoms with Gasteiger partial charge in [0.05, 0.1) is 46.2 Å². The monoisotopic (exact) mass is 372 g/mol. The lowest BCUT2D eigenvalue weighted by Crippen LogP contribution is -2.40. The SMILES string of the molecule is CCOCCOCCOCCOCCN1CCC(C2CCNCC2)CC1. The maximum Gasteiger partial charge on any atom is 0.0701 e. The van der Waals surface area contributed by atoms with E-state index in [0.29, 0.717) is 39.6 Å². The lowest BCUT2D eigenvalue weighted by Gasteiger charge is -2.37. The third-order valence-corrected chi connectivity index (χ3v) is 5.55. The number of nitrogens with zero attached hydrogens (tertiary/aromatic N) is 1. The molecule has 0 unspecified atom stereocenters. The molecular formula is C20H40N2O4. The van der Waals surface area contributed by atoms with E-state index in [1.54, 1.807) is 0 Å². The third kappa shape index (κ3) is 9.62. The van der Waals surface area contributed by atoms with Gasteiger partial charge in [0.25, 0.3) is 0 Å². The third-order valence-electron chi connectivity index (χ3n) is 5.55. The molecule has 2 rings (SSSR count). The Morgan fingerprint density at radius 2 is 1.19 bits per heavy atom. The fourth-order valence-electron chi connectivity index (χ4n) is 3.96. The number of hydrogen-bond donors (Lipinski definition) is 1. The molecule has 0 bridgehead atoms. The molecule has 2 fully saturated rings. The summed E-state index contributed by atoms with van der Waals surface area (Å²) in [5, 5.41) is 3.48. The number of piperidine rings is 2. The van der Waals surface area contributed by atoms with E-state index in [1.165, 1.54) is 51.9 Å². The first-order valence-electron chi connectivity index (χ1n) is 10.6. The molecule has 2 saturated heterocycles. The average Bonchev–Trinajstić information content (AvgIpc) is 2.70. The first kappa shape index (κ1) is 22.1. The van der Waals surface area contributed by atoms with E-state index in [9.17, 15) is 0 Å². The fourth-order valence-corrected chi connectivity index (χ4v) is 3.96. The lowest BCUT2D eigenvalue weighted by molar-refractivity contribution is -0.00396. The van der Waals surface area contributed by atoms with E-state index in [1.807, 2.05) is 6.92 Å². The Morgan fingerprint density at radius 1 is 0.692 bits per heavy atom. The van der Waals surface area contributed by atoms with Crippen LogP contribution in [0.5, 0.6) is 0 Å². The second-order valence-electron chi connectivity index (χ2n) is 7.30. The van der Waals surface area contributed by atoms with Gasteiger partial charge in [-0.2, -0.15) is 0 Å². The highest BCUT2D eigenvalue weighted by molar-refractivity contribution is 4.80. The molecule has 0 radical (unpaired) electrons. The molecular weight excluding hydrogens is 332 g/mol. The minimum absolute atomic E-state index is 0.624. The zero-order valence-corrected chi connectivity index (χ0v) is 16.8. The normalized spacial score (nSPS) is 20.7. The van der Waals surface area contributed by atoms with Crippen molar-refractivity contribution >= 4 is 0 Å². The second-order valence-corrected chi connectivity index (χ2v) is 7.30. The van der Waals surface area contributed by atoms with Crippen LogP contribution in [0.3, 0.4) is 0 Å². The summed E-state index contributed by atoms with van der Waals surface area (Å²) in [6.45, 7) is 13.4. The fraction of sp³-hybridized carbons (Fsp3) is 1.00. The number of rotatable bonds is 14. The van der Waals surface area contributed by atoms with Crippen molar-refractivity contribution in [3.05, 3.63) is 0 Å². The highest BCUT2D eigenvalue weighted by Crippen LogP contribution is 2.30. The minimum Gasteiger partial charge on any atom is -0.379 e. The molecule has 2 aliphatic rings. The van der Waals surface area contributed by atoms with Crippen LogP contribution in [0.15, 0.2) is 0 Å². The molecule has 6 heteroatoms. The van der Waals surface area contributed by atoms with Gasteiger partial charge in [-0.15, -0.1) is 0 Å². The van der Waals surface area contributed by atoms with Crippen molar-refractivity contribution in [2.75, 3.05) is 85.6 Å². The van der Waals surface area contributed by atoms with Crippen molar-refractivity contribution in [3.63, 3.8) is 0 Å². The first-order valence-corrected chi connectivity index (χ1v) is 10.6. The molecule has 26 heavy (non-hydrogen) atoms. The van der Waals surface area contributed by atoms with Crippen LogP contribution in [0.25, 0.3) is 0 Å². The van der Waals surface area contributed by atoms with E-state index < -0.39 is 0 Å². The molecule has 0 aromatic rings. The van der Waals surface area contributed by atoms with Crippen LogP contribution < -0.4 is 5.32 Å². The van der Waals surface area contributed by atoms with Crippen LogP contribution in [0, 0.1) is 11.8 Å². The molecule has 0 aliphatic carbocycles. The summed E-state index contributed by atoms with van der Waals surface area (Å²) in [6, 6.07) is 0. The van der Waals surface area contributed by atoms with Gasteiger partial charge in [0.1, 0.15) is 0 Å². The number of likely N-dealkylation sites (tertiary alicyclic amines) is 1. The Labute approximate surface area is 159 Å². The van der Waals surface area contributed by atoms with E-state index in [4.69, 9.17) is 18.9 Å². The van der Waals surface area contributed by atoms with Gasteiger partial charge < -0.3 is 29.2 Å². The maximum absolute atomic E-state index is 5.70. The smallest absolute Gasteiger partial charge is 0.0701 e. The van der Waals surface area contributed by atoms with Gasteiger partial charge in [0.2, 0.25) is 0 Å². The van der Waals surface area contributed by atoms with Crippen LogP contribution in [0.2, 0.25) is 0 Å². The van der Waals surface area contributed by atoms with Gasteiger partial charge in [-0.05, 0) is 70.6 Å². The summed E-state index contributed by atoms with van der Waals surface area (Å²) in [4.78, 5) is 2.56. The summed E-state index contributed by atoms with van der Waals surface area (Å²) < 4.78 is 21.8. The topological polar surface area (TPSA) is 52.2 Å². The molecule has 0 atom stereocenters. The molecule has 0 aromatic heterocycles. The van der Waals surface area contributed by atoms with Crippen LogP contribution >= 0.6 is 0 Å². The Hall–Kier alpha value is -0.240. The highest BCUT2D eigenvalue weighted by atomic mass is 16.6. The van der Waals surface area contributed by atoms with Crippen LogP contribution in [-0.2, 0) is 18.9 Å². The predicted octanol–water partition coefficient (Wildman–Crippen LogP) is 1.78. The number of hydrogen-bond acceptors (Lipinski definition) is 6. The molecule has 0 spiro atoms. The van der Waals surface area contributed by atoms with Crippen molar-refractivity contribution in [2.45, 2.75) is 32.6 Å². The van der Waals surface area contributed by atoms with E-state index in [-0.39, 0.29) is 0 Å². The van der Waals surface area contributed by atoms with Crippen LogP contribution in [0.4, 0.5) is 0 Å². The number of ether oxygens (including phenoxy) is 4. The van der Waals surface area contributed by atoms with Crippen molar-refractivity contribution in [3.8, 4) is 0 Å². The predicted molar refractivity (Wildman–Crippen MR) is 104 cm³/mol. The molecule has 1 N–H and O–H groups in total. The van der Waals surface area contributed by atoms with E-state index >= 15 is 0 Å². The van der Waals surface area contributed by atoms with Gasteiger partial charge >= 0.3 is 0 Å². The van der Waals surface area contributed by atoms with Gasteiger partial charge in [-0.3, -0.25) is 0 Å². The van der Waals surface area contributed by atoms with Crippen LogP contribution in [-0.4, -0.2) is 90.5 Å². The molecule has 2 heterocycles. The zero-order chi connectivity index (χ0) is 18.3. The first-order chi connectivity index (χ1) is 12.9. The van der Waals surface area contributed by atoms with E-state index in [0.717, 1.165) is 31.6 Å². The number of nitrogens with one attached hydrogen (secondary N) is 1. The molecule has 6 nitrogen and oxygen atoms in total. The Bertz CT molecular complexity index is 319. The average molecular weight is 373 g/mol. The van der Waals surface area contributed by atoms with Gasteiger partial charge in [0, 0.05) is 13.2 Å². The molecule has 2 aliphatic heterocycles. The largest absolute Gasteiger partial charge is 0.379 e. The van der Waals surface area contributed by atoms with Crippen molar-refractivity contribution in [1.82, 2.24) is 10.2 Å². The minimum atomic E-state index is 0.624. The molecule has 154 valence electrons. The van der Waals surface area contributed by atoms with Gasteiger partial charge in [-0.1, -0.05) is 0 Å². The summed E-state index contributed by atoms with van der Waals surface area (Å²) >= 11 is 0. The van der Waals surface area contributed by atoms with Crippen molar-refractivity contribution < 1.29 is 18.9 Å². The Morgan fingerprint density at radius 3 is 1.77 bits per heavy atom. The summed E-state index contributed by atoms with van der Waals surface area (Å²) in [5.41, 5.74) is 0. The summed E-state index contributed by atoms with van der Waals surface area (Å²) in [5.74, 6) is 1.92. The summed E-state index contributed by atoms with van der Waals surface area (Å²) in [6.07, 6.45) is 5.50. The zero-order valence-electron chi connectivity index (χ0n) is 16.8. The molecule has 0 amide bonds. The second kappa shape index (κ2) is 14.8.